The second-order valence-corrected chi connectivity index (χ2v) is 7.43. The van der Waals surface area contributed by atoms with Gasteiger partial charge in [-0.3, -0.25) is 0 Å². The zero-order valence-electron chi connectivity index (χ0n) is 17.4. The second kappa shape index (κ2) is 28.2. The third kappa shape index (κ3) is 28.3. The predicted molar refractivity (Wildman–Crippen MR) is 105 cm³/mol. The third-order valence-electron chi connectivity index (χ3n) is 2.65. The highest BCUT2D eigenvalue weighted by Crippen LogP contribution is 1.93. The van der Waals surface area contributed by atoms with Gasteiger partial charge in [-0.1, -0.05) is 0 Å². The van der Waals surface area contributed by atoms with E-state index in [0.717, 1.165) is 0 Å². The number of ether oxygens (including phenoxy) is 5. The smallest absolute Gasteiger partial charge is 0.396 e. The summed E-state index contributed by atoms with van der Waals surface area (Å²) in [7, 11) is 5.31. The van der Waals surface area contributed by atoms with Crippen molar-refractivity contribution in [2.24, 2.45) is 0 Å². The Morgan fingerprint density at radius 1 is 0.444 bits per heavy atom. The largest absolute Gasteiger partial charge is 0.484 e. The van der Waals surface area contributed by atoms with Gasteiger partial charge in [0.15, 0.2) is 0 Å². The fraction of sp³-hybridized carbons (Fsp3) is 1.00. The minimum absolute atomic E-state index is 0.480. The molecule has 0 saturated heterocycles. The van der Waals surface area contributed by atoms with Crippen molar-refractivity contribution in [3.63, 3.8) is 0 Å². The van der Waals surface area contributed by atoms with Gasteiger partial charge in [-0.15, -0.1) is 0 Å². The minimum atomic E-state index is -2.07. The van der Waals surface area contributed by atoms with Crippen molar-refractivity contribution in [2.75, 3.05) is 102 Å². The molecule has 10 nitrogen and oxygen atoms in total. The van der Waals surface area contributed by atoms with Gasteiger partial charge in [-0.25, -0.2) is 0 Å². The minimum Gasteiger partial charge on any atom is -0.396 e. The predicted octanol–water partition coefficient (Wildman–Crippen LogP) is -0.996. The highest BCUT2D eigenvalue weighted by atomic mass is 28.3. The summed E-state index contributed by atoms with van der Waals surface area (Å²) in [5.74, 6) is 0. The molecule has 0 N–H and O–H groups in total. The average Bonchev–Trinajstić information content (AvgIpc) is 2.68. The summed E-state index contributed by atoms with van der Waals surface area (Å²) in [5.41, 5.74) is 0. The van der Waals surface area contributed by atoms with E-state index in [2.05, 4.69) is 0 Å². The lowest BCUT2D eigenvalue weighted by Crippen LogP contribution is -2.31. The van der Waals surface area contributed by atoms with Gasteiger partial charge < -0.3 is 45.8 Å². The lowest BCUT2D eigenvalue weighted by Gasteiger charge is -2.16. The molecule has 0 spiro atoms. The average molecular weight is 435 g/mol. The lowest BCUT2D eigenvalue weighted by atomic mass is 10.8. The van der Waals surface area contributed by atoms with Crippen LogP contribution in [0.15, 0.2) is 0 Å². The van der Waals surface area contributed by atoms with E-state index in [1.54, 1.807) is 35.5 Å². The molecule has 0 amide bonds. The first-order chi connectivity index (χ1) is 13.3. The van der Waals surface area contributed by atoms with E-state index < -0.39 is 19.5 Å². The van der Waals surface area contributed by atoms with Gasteiger partial charge in [0.1, 0.15) is 0 Å². The van der Waals surface area contributed by atoms with E-state index in [4.69, 9.17) is 45.8 Å². The molecule has 27 heavy (non-hydrogen) atoms. The molecule has 0 atom stereocenters. The fourth-order valence-corrected chi connectivity index (χ4v) is 3.03. The maximum atomic E-state index is 5.43. The fourth-order valence-electron chi connectivity index (χ4n) is 1.29. The highest BCUT2D eigenvalue weighted by molar-refractivity contribution is 6.36. The van der Waals surface area contributed by atoms with Crippen molar-refractivity contribution < 1.29 is 45.8 Å². The molecule has 0 fully saturated rings. The molecule has 12 heteroatoms. The second-order valence-electron chi connectivity index (χ2n) is 4.80. The van der Waals surface area contributed by atoms with Crippen LogP contribution in [-0.4, -0.2) is 121 Å². The molecule has 0 saturated carbocycles. The van der Waals surface area contributed by atoms with Gasteiger partial charge in [0.05, 0.1) is 66.1 Å². The molecule has 0 bridgehead atoms. The number of hydrogen-bond acceptors (Lipinski definition) is 10. The van der Waals surface area contributed by atoms with Crippen LogP contribution in [0.4, 0.5) is 0 Å². The molecule has 0 aliphatic carbocycles. The van der Waals surface area contributed by atoms with Crippen LogP contribution in [-0.2, 0) is 45.8 Å². The number of rotatable bonds is 20. The van der Waals surface area contributed by atoms with Gasteiger partial charge in [0, 0.05) is 35.5 Å². The summed E-state index contributed by atoms with van der Waals surface area (Å²) < 4.78 is 50.8. The molecule has 0 rings (SSSR count). The van der Waals surface area contributed by atoms with Crippen molar-refractivity contribution in [2.45, 2.75) is 0 Å². The molecule has 0 aromatic carbocycles. The quantitative estimate of drug-likeness (QED) is 0.176. The monoisotopic (exact) mass is 434 g/mol. The standard InChI is InChI=1S/C9H22O6Si.C6H16O4Si/c1-10-4-7-13-16(14-8-5-11-2)15-9-6-12-3;1-7-3-5-9-11-10-6-4-8-2/h16H,4-9H2,1-3H3;3-6,11H2,1-2H3. The SMILES string of the molecule is COCCO[SiH2]OCCOC.COCCO[SiH](OCCOC)OCCOC. The van der Waals surface area contributed by atoms with Crippen molar-refractivity contribution in [3.8, 4) is 0 Å². The summed E-state index contributed by atoms with van der Waals surface area (Å²) >= 11 is 0. The molecular weight excluding hydrogens is 396 g/mol. The van der Waals surface area contributed by atoms with Gasteiger partial charge >= 0.3 is 19.5 Å². The molecule has 166 valence electrons. The van der Waals surface area contributed by atoms with Crippen molar-refractivity contribution in [3.05, 3.63) is 0 Å². The van der Waals surface area contributed by atoms with E-state index in [9.17, 15) is 0 Å². The Bertz CT molecular complexity index is 223. The van der Waals surface area contributed by atoms with Gasteiger partial charge in [0.2, 0.25) is 0 Å². The highest BCUT2D eigenvalue weighted by Gasteiger charge is 2.14. The Morgan fingerprint density at radius 3 is 1.04 bits per heavy atom. The van der Waals surface area contributed by atoms with Crippen LogP contribution in [0.1, 0.15) is 0 Å². The molecule has 0 aromatic rings. The number of hydrogen-bond donors (Lipinski definition) is 0. The van der Waals surface area contributed by atoms with E-state index in [1.165, 1.54) is 0 Å². The zero-order chi connectivity index (χ0) is 20.4. The van der Waals surface area contributed by atoms with E-state index in [0.29, 0.717) is 66.1 Å². The summed E-state index contributed by atoms with van der Waals surface area (Å²) in [6.07, 6.45) is 0. The van der Waals surface area contributed by atoms with Gasteiger partial charge in [0.25, 0.3) is 0 Å². The molecular formula is C15H38O10Si2. The van der Waals surface area contributed by atoms with E-state index in [-0.39, 0.29) is 0 Å². The molecule has 0 unspecified atom stereocenters. The third-order valence-corrected chi connectivity index (χ3v) is 5.09. The maximum absolute atomic E-state index is 5.43. The Kier molecular flexibility index (Phi) is 30.6. The first-order valence-corrected chi connectivity index (χ1v) is 11.3. The van der Waals surface area contributed by atoms with Crippen LogP contribution >= 0.6 is 0 Å². The Balaban J connectivity index is 0. The van der Waals surface area contributed by atoms with Crippen molar-refractivity contribution in [1.29, 1.82) is 0 Å². The molecule has 0 aromatic heterocycles. The van der Waals surface area contributed by atoms with Crippen LogP contribution in [0.2, 0.25) is 0 Å². The van der Waals surface area contributed by atoms with Gasteiger partial charge in [-0.2, -0.15) is 0 Å². The van der Waals surface area contributed by atoms with Crippen molar-refractivity contribution >= 4 is 19.5 Å². The lowest BCUT2D eigenvalue weighted by molar-refractivity contribution is 0.0381. The molecule has 0 aliphatic rings. The van der Waals surface area contributed by atoms with Crippen LogP contribution in [0.3, 0.4) is 0 Å². The van der Waals surface area contributed by atoms with Crippen molar-refractivity contribution in [1.82, 2.24) is 0 Å². The zero-order valence-corrected chi connectivity index (χ0v) is 20.0. The summed E-state index contributed by atoms with van der Waals surface area (Å²) in [6.45, 7) is 5.58. The van der Waals surface area contributed by atoms with E-state index in [1.807, 2.05) is 0 Å². The van der Waals surface area contributed by atoms with Crippen LogP contribution in [0, 0.1) is 0 Å². The molecule has 0 heterocycles. The first-order valence-electron chi connectivity index (χ1n) is 8.71. The molecule has 0 radical (unpaired) electrons. The topological polar surface area (TPSA) is 92.3 Å². The van der Waals surface area contributed by atoms with Crippen LogP contribution in [0.5, 0.6) is 0 Å². The van der Waals surface area contributed by atoms with Crippen LogP contribution < -0.4 is 0 Å². The van der Waals surface area contributed by atoms with E-state index >= 15 is 0 Å². The molecule has 0 aliphatic heterocycles. The Morgan fingerprint density at radius 2 is 0.741 bits per heavy atom. The summed E-state index contributed by atoms with van der Waals surface area (Å²) in [4.78, 5) is 0. The first kappa shape index (κ1) is 29.2. The Labute approximate surface area is 167 Å². The summed E-state index contributed by atoms with van der Waals surface area (Å²) in [6, 6.07) is 0. The van der Waals surface area contributed by atoms with Crippen LogP contribution in [0.25, 0.3) is 0 Å². The summed E-state index contributed by atoms with van der Waals surface area (Å²) in [5, 5.41) is 0. The Hall–Kier alpha value is 0.0338. The number of methoxy groups -OCH3 is 5. The maximum Gasteiger partial charge on any atom is 0.484 e. The normalized spacial score (nSPS) is 10.9. The van der Waals surface area contributed by atoms with Gasteiger partial charge in [-0.05, 0) is 0 Å².